The van der Waals surface area contributed by atoms with E-state index in [0.717, 1.165) is 12.8 Å². The van der Waals surface area contributed by atoms with Crippen molar-refractivity contribution in [3.8, 4) is 0 Å². The quantitative estimate of drug-likeness (QED) is 0.562. The summed E-state index contributed by atoms with van der Waals surface area (Å²) in [6, 6.07) is 0.414. The van der Waals surface area contributed by atoms with Gasteiger partial charge in [-0.2, -0.15) is 0 Å². The van der Waals surface area contributed by atoms with E-state index in [9.17, 15) is 0 Å². The van der Waals surface area contributed by atoms with Crippen LogP contribution in [-0.4, -0.2) is 12.1 Å². The van der Waals surface area contributed by atoms with Crippen molar-refractivity contribution in [3.05, 3.63) is 0 Å². The van der Waals surface area contributed by atoms with Crippen LogP contribution < -0.4 is 11.5 Å². The molecule has 0 aliphatic heterocycles. The Bertz CT molecular complexity index is 115. The lowest BCUT2D eigenvalue weighted by atomic mass is 10.00. The second kappa shape index (κ2) is 9.47. The molecule has 0 saturated carbocycles. The van der Waals surface area contributed by atoms with Gasteiger partial charge in [-0.05, 0) is 12.8 Å². The van der Waals surface area contributed by atoms with E-state index < -0.39 is 0 Å². The highest BCUT2D eigenvalue weighted by Crippen LogP contribution is 2.09. The Hall–Kier alpha value is -0.0800. The van der Waals surface area contributed by atoms with Crippen molar-refractivity contribution in [2.45, 2.75) is 77.3 Å². The lowest BCUT2D eigenvalue weighted by molar-refractivity contribution is 0.457. The van der Waals surface area contributed by atoms with Gasteiger partial charge in [0.2, 0.25) is 0 Å². The van der Waals surface area contributed by atoms with E-state index >= 15 is 0 Å². The number of hydrogen-bond donors (Lipinski definition) is 2. The van der Waals surface area contributed by atoms with E-state index in [2.05, 4.69) is 13.8 Å². The van der Waals surface area contributed by atoms with Crippen molar-refractivity contribution in [1.29, 1.82) is 0 Å². The minimum Gasteiger partial charge on any atom is -0.326 e. The van der Waals surface area contributed by atoms with Gasteiger partial charge in [-0.15, -0.1) is 0 Å². The SMILES string of the molecule is CCCCCCCCC(N)C(N)CC. The summed E-state index contributed by atoms with van der Waals surface area (Å²) < 4.78 is 0. The molecule has 0 aliphatic rings. The predicted octanol–water partition coefficient (Wildman–Crippen LogP) is 2.80. The predicted molar refractivity (Wildman–Crippen MR) is 64.2 cm³/mol. The van der Waals surface area contributed by atoms with Crippen molar-refractivity contribution >= 4 is 0 Å². The molecule has 0 radical (unpaired) electrons. The van der Waals surface area contributed by atoms with Crippen molar-refractivity contribution in [2.75, 3.05) is 0 Å². The zero-order chi connectivity index (χ0) is 10.8. The van der Waals surface area contributed by atoms with Crippen LogP contribution in [0.3, 0.4) is 0 Å². The second-order valence-corrected chi connectivity index (χ2v) is 4.29. The molecule has 0 spiro atoms. The normalized spacial score (nSPS) is 15.4. The minimum absolute atomic E-state index is 0.200. The van der Waals surface area contributed by atoms with Crippen LogP contribution in [0.15, 0.2) is 0 Å². The standard InChI is InChI=1S/C12H28N2/c1-3-5-6-7-8-9-10-12(14)11(13)4-2/h11-12H,3-10,13-14H2,1-2H3. The van der Waals surface area contributed by atoms with E-state index in [1.165, 1.54) is 38.5 Å². The fourth-order valence-electron chi connectivity index (χ4n) is 1.68. The first-order chi connectivity index (χ1) is 6.72. The molecule has 2 unspecified atom stereocenters. The molecule has 2 heteroatoms. The van der Waals surface area contributed by atoms with Crippen LogP contribution in [-0.2, 0) is 0 Å². The lowest BCUT2D eigenvalue weighted by Gasteiger charge is -2.17. The zero-order valence-corrected chi connectivity index (χ0v) is 9.97. The van der Waals surface area contributed by atoms with Crippen LogP contribution in [0.2, 0.25) is 0 Å². The van der Waals surface area contributed by atoms with E-state index in [0.29, 0.717) is 0 Å². The van der Waals surface area contributed by atoms with E-state index in [-0.39, 0.29) is 12.1 Å². The average molecular weight is 200 g/mol. The fourth-order valence-corrected chi connectivity index (χ4v) is 1.68. The molecule has 86 valence electrons. The van der Waals surface area contributed by atoms with Gasteiger partial charge < -0.3 is 11.5 Å². The van der Waals surface area contributed by atoms with Crippen LogP contribution in [0.5, 0.6) is 0 Å². The molecule has 0 saturated heterocycles. The molecule has 2 nitrogen and oxygen atoms in total. The summed E-state index contributed by atoms with van der Waals surface area (Å²) in [6.45, 7) is 4.35. The fraction of sp³-hybridized carbons (Fsp3) is 1.00. The Morgan fingerprint density at radius 3 is 1.93 bits per heavy atom. The molecule has 0 aromatic rings. The maximum atomic E-state index is 5.94. The Balaban J connectivity index is 3.18. The third-order valence-electron chi connectivity index (χ3n) is 2.91. The molecule has 0 bridgehead atoms. The molecule has 0 rings (SSSR count). The molecule has 0 aromatic carbocycles. The lowest BCUT2D eigenvalue weighted by Crippen LogP contribution is -2.40. The monoisotopic (exact) mass is 200 g/mol. The maximum Gasteiger partial charge on any atom is 0.0192 e. The smallest absolute Gasteiger partial charge is 0.0192 e. The second-order valence-electron chi connectivity index (χ2n) is 4.29. The maximum absolute atomic E-state index is 5.94. The highest BCUT2D eigenvalue weighted by Gasteiger charge is 2.09. The summed E-state index contributed by atoms with van der Waals surface area (Å²) >= 11 is 0. The first-order valence-corrected chi connectivity index (χ1v) is 6.23. The van der Waals surface area contributed by atoms with Crippen molar-refractivity contribution in [3.63, 3.8) is 0 Å². The van der Waals surface area contributed by atoms with Gasteiger partial charge in [0.05, 0.1) is 0 Å². The van der Waals surface area contributed by atoms with Crippen LogP contribution >= 0.6 is 0 Å². The van der Waals surface area contributed by atoms with Gasteiger partial charge in [0.25, 0.3) is 0 Å². The molecule has 0 heterocycles. The molecule has 0 amide bonds. The molecule has 4 N–H and O–H groups in total. The number of unbranched alkanes of at least 4 members (excludes halogenated alkanes) is 5. The molecule has 0 aromatic heterocycles. The van der Waals surface area contributed by atoms with E-state index in [1.54, 1.807) is 0 Å². The molecular weight excluding hydrogens is 172 g/mol. The zero-order valence-electron chi connectivity index (χ0n) is 9.97. The molecule has 0 aliphatic carbocycles. The van der Waals surface area contributed by atoms with Gasteiger partial charge in [-0.3, -0.25) is 0 Å². The van der Waals surface area contributed by atoms with Crippen LogP contribution in [0.1, 0.15) is 65.2 Å². The summed E-state index contributed by atoms with van der Waals surface area (Å²) in [5.74, 6) is 0. The largest absolute Gasteiger partial charge is 0.326 e. The average Bonchev–Trinajstić information content (AvgIpc) is 2.21. The molecule has 0 fully saturated rings. The third-order valence-corrected chi connectivity index (χ3v) is 2.91. The number of rotatable bonds is 9. The minimum atomic E-state index is 0.200. The van der Waals surface area contributed by atoms with E-state index in [1.807, 2.05) is 0 Å². The highest BCUT2D eigenvalue weighted by atomic mass is 14.8. The third kappa shape index (κ3) is 7.34. The summed E-state index contributed by atoms with van der Waals surface area (Å²) in [7, 11) is 0. The van der Waals surface area contributed by atoms with Gasteiger partial charge in [-0.1, -0.05) is 52.4 Å². The van der Waals surface area contributed by atoms with Gasteiger partial charge in [0, 0.05) is 12.1 Å². The van der Waals surface area contributed by atoms with Crippen molar-refractivity contribution < 1.29 is 0 Å². The van der Waals surface area contributed by atoms with Crippen LogP contribution in [0.25, 0.3) is 0 Å². The highest BCUT2D eigenvalue weighted by molar-refractivity contribution is 4.73. The van der Waals surface area contributed by atoms with Gasteiger partial charge in [0.1, 0.15) is 0 Å². The van der Waals surface area contributed by atoms with Gasteiger partial charge in [-0.25, -0.2) is 0 Å². The van der Waals surface area contributed by atoms with Crippen molar-refractivity contribution in [1.82, 2.24) is 0 Å². The summed E-state index contributed by atoms with van der Waals surface area (Å²) in [5, 5.41) is 0. The molecule has 14 heavy (non-hydrogen) atoms. The Kier molecular flexibility index (Phi) is 9.42. The number of nitrogens with two attached hydrogens (primary N) is 2. The summed E-state index contributed by atoms with van der Waals surface area (Å²) in [6.07, 6.45) is 10.1. The van der Waals surface area contributed by atoms with Crippen LogP contribution in [0, 0.1) is 0 Å². The molecule has 2 atom stereocenters. The summed E-state index contributed by atoms with van der Waals surface area (Å²) in [5.41, 5.74) is 11.8. The van der Waals surface area contributed by atoms with Crippen LogP contribution in [0.4, 0.5) is 0 Å². The first kappa shape index (κ1) is 13.9. The Morgan fingerprint density at radius 1 is 0.786 bits per heavy atom. The topological polar surface area (TPSA) is 52.0 Å². The van der Waals surface area contributed by atoms with Crippen molar-refractivity contribution in [2.24, 2.45) is 11.5 Å². The van der Waals surface area contributed by atoms with Gasteiger partial charge >= 0.3 is 0 Å². The Labute approximate surface area is 89.4 Å². The Morgan fingerprint density at radius 2 is 1.36 bits per heavy atom. The molecular formula is C12H28N2. The summed E-state index contributed by atoms with van der Waals surface area (Å²) in [4.78, 5) is 0. The van der Waals surface area contributed by atoms with Gasteiger partial charge in [0.15, 0.2) is 0 Å². The first-order valence-electron chi connectivity index (χ1n) is 6.23. The number of hydrogen-bond acceptors (Lipinski definition) is 2. The van der Waals surface area contributed by atoms with E-state index in [4.69, 9.17) is 11.5 Å².